The van der Waals surface area contributed by atoms with Crippen molar-refractivity contribution in [2.24, 2.45) is 0 Å². The summed E-state index contributed by atoms with van der Waals surface area (Å²) in [6.45, 7) is 7.36. The maximum absolute atomic E-state index is 12.3. The molecule has 1 aromatic rings. The van der Waals surface area contributed by atoms with Gasteiger partial charge in [-0.25, -0.2) is 8.42 Å². The van der Waals surface area contributed by atoms with Crippen LogP contribution in [0.5, 0.6) is 0 Å². The molecule has 21 heavy (non-hydrogen) atoms. The molecule has 0 heterocycles. The predicted octanol–water partition coefficient (Wildman–Crippen LogP) is 2.27. The van der Waals surface area contributed by atoms with Crippen LogP contribution in [0.25, 0.3) is 0 Å². The van der Waals surface area contributed by atoms with Crippen LogP contribution in [0.3, 0.4) is 0 Å². The third-order valence-electron chi connectivity index (χ3n) is 2.39. The van der Waals surface area contributed by atoms with Gasteiger partial charge in [0.15, 0.2) is 15.9 Å². The molecule has 1 aromatic carbocycles. The van der Waals surface area contributed by atoms with E-state index in [-0.39, 0.29) is 10.6 Å². The number of ether oxygens (including phenoxy) is 1. The van der Waals surface area contributed by atoms with E-state index < -0.39 is 30.0 Å². The first-order chi connectivity index (χ1) is 9.60. The van der Waals surface area contributed by atoms with Crippen LogP contribution >= 0.6 is 0 Å². The van der Waals surface area contributed by atoms with Crippen LogP contribution in [0.15, 0.2) is 35.2 Å². The summed E-state index contributed by atoms with van der Waals surface area (Å²) in [5, 5.41) is 0. The van der Waals surface area contributed by atoms with Gasteiger partial charge >= 0.3 is 5.97 Å². The minimum Gasteiger partial charge on any atom is -0.448 e. The Balaban J connectivity index is 3.00. The second kappa shape index (κ2) is 6.92. The van der Waals surface area contributed by atoms with Crippen LogP contribution < -0.4 is 0 Å². The van der Waals surface area contributed by atoms with E-state index in [2.05, 4.69) is 11.5 Å². The Labute approximate surface area is 127 Å². The van der Waals surface area contributed by atoms with E-state index in [0.717, 1.165) is 0 Å². The maximum atomic E-state index is 12.3. The average molecular weight is 324 g/mol. The monoisotopic (exact) mass is 324 g/mol. The molecule has 0 radical (unpaired) electrons. The van der Waals surface area contributed by atoms with Crippen molar-refractivity contribution < 1.29 is 17.9 Å². The second-order valence-corrected chi connectivity index (χ2v) is 12.5. The molecule has 0 N–H and O–H groups in total. The van der Waals surface area contributed by atoms with Crippen LogP contribution in [0.4, 0.5) is 0 Å². The highest BCUT2D eigenvalue weighted by Gasteiger charge is 2.22. The Bertz CT molecular complexity index is 648. The summed E-state index contributed by atoms with van der Waals surface area (Å²) in [5.74, 6) is 1.95. The molecule has 0 aliphatic carbocycles. The van der Waals surface area contributed by atoms with E-state index in [1.165, 1.54) is 19.1 Å². The molecule has 1 atom stereocenters. The van der Waals surface area contributed by atoms with Crippen molar-refractivity contribution in [3.05, 3.63) is 30.3 Å². The Morgan fingerprint density at radius 3 is 2.29 bits per heavy atom. The first-order valence-corrected chi connectivity index (χ1v) is 11.7. The Morgan fingerprint density at radius 2 is 1.81 bits per heavy atom. The van der Waals surface area contributed by atoms with Gasteiger partial charge in [0, 0.05) is 6.92 Å². The van der Waals surface area contributed by atoms with Crippen LogP contribution in [0, 0.1) is 11.5 Å². The average Bonchev–Trinajstić information content (AvgIpc) is 2.35. The normalized spacial score (nSPS) is 13.0. The zero-order chi connectivity index (χ0) is 16.1. The molecule has 0 bridgehead atoms. The van der Waals surface area contributed by atoms with E-state index >= 15 is 0 Å². The molecule has 4 nitrogen and oxygen atoms in total. The van der Waals surface area contributed by atoms with Gasteiger partial charge in [-0.15, -0.1) is 5.54 Å². The van der Waals surface area contributed by atoms with E-state index in [1.54, 1.807) is 18.2 Å². The first kappa shape index (κ1) is 17.5. The SMILES string of the molecule is CC(=O)OC(C#C[Si](C)(C)C)CS(=O)(=O)c1ccccc1. The summed E-state index contributed by atoms with van der Waals surface area (Å²) in [6, 6.07) is 8.09. The van der Waals surface area contributed by atoms with Crippen LogP contribution in [0.1, 0.15) is 6.92 Å². The lowest BCUT2D eigenvalue weighted by Gasteiger charge is -2.13. The molecule has 0 saturated heterocycles. The molecule has 1 rings (SSSR count). The third kappa shape index (κ3) is 6.60. The van der Waals surface area contributed by atoms with Gasteiger partial charge in [-0.3, -0.25) is 4.79 Å². The highest BCUT2D eigenvalue weighted by Crippen LogP contribution is 2.12. The smallest absolute Gasteiger partial charge is 0.303 e. The topological polar surface area (TPSA) is 60.4 Å². The van der Waals surface area contributed by atoms with Gasteiger partial charge in [-0.2, -0.15) is 0 Å². The molecule has 1 unspecified atom stereocenters. The second-order valence-electron chi connectivity index (χ2n) is 5.71. The fraction of sp³-hybridized carbons (Fsp3) is 0.400. The molecule has 0 aliphatic heterocycles. The fourth-order valence-electron chi connectivity index (χ4n) is 1.53. The van der Waals surface area contributed by atoms with Crippen LogP contribution in [0.2, 0.25) is 19.6 Å². The largest absolute Gasteiger partial charge is 0.448 e. The molecule has 6 heteroatoms. The number of esters is 1. The number of carbonyl (C=O) groups excluding carboxylic acids is 1. The lowest BCUT2D eigenvalue weighted by Crippen LogP contribution is -2.26. The molecule has 114 valence electrons. The highest BCUT2D eigenvalue weighted by atomic mass is 32.2. The van der Waals surface area contributed by atoms with Crippen molar-refractivity contribution in [1.29, 1.82) is 0 Å². The number of benzene rings is 1. The van der Waals surface area contributed by atoms with Gasteiger partial charge in [0.1, 0.15) is 13.8 Å². The third-order valence-corrected chi connectivity index (χ3v) is 5.02. The number of carbonyl (C=O) groups is 1. The number of rotatable bonds is 4. The maximum Gasteiger partial charge on any atom is 0.303 e. The van der Waals surface area contributed by atoms with E-state index in [1.807, 2.05) is 19.6 Å². The molecule has 0 fully saturated rings. The van der Waals surface area contributed by atoms with Crippen molar-refractivity contribution >= 4 is 23.9 Å². The van der Waals surface area contributed by atoms with Crippen molar-refractivity contribution in [3.63, 3.8) is 0 Å². The highest BCUT2D eigenvalue weighted by molar-refractivity contribution is 7.91. The summed E-state index contributed by atoms with van der Waals surface area (Å²) < 4.78 is 29.6. The zero-order valence-corrected chi connectivity index (χ0v) is 14.5. The molecule has 0 aliphatic rings. The number of hydrogen-bond donors (Lipinski definition) is 0. The Morgan fingerprint density at radius 1 is 1.24 bits per heavy atom. The summed E-state index contributed by atoms with van der Waals surface area (Å²) >= 11 is 0. The fourth-order valence-corrected chi connectivity index (χ4v) is 3.43. The van der Waals surface area contributed by atoms with Crippen molar-refractivity contribution in [3.8, 4) is 11.5 Å². The van der Waals surface area contributed by atoms with Gasteiger partial charge in [0.25, 0.3) is 0 Å². The first-order valence-electron chi connectivity index (χ1n) is 6.58. The van der Waals surface area contributed by atoms with Gasteiger partial charge < -0.3 is 4.74 Å². The lowest BCUT2D eigenvalue weighted by atomic mass is 10.4. The molecule has 0 spiro atoms. The summed E-state index contributed by atoms with van der Waals surface area (Å²) in [4.78, 5) is 11.3. The van der Waals surface area contributed by atoms with Crippen molar-refractivity contribution in [1.82, 2.24) is 0 Å². The quantitative estimate of drug-likeness (QED) is 0.484. The van der Waals surface area contributed by atoms with Crippen molar-refractivity contribution in [2.75, 3.05) is 5.75 Å². The van der Waals surface area contributed by atoms with Crippen LogP contribution in [-0.2, 0) is 19.4 Å². The van der Waals surface area contributed by atoms with Crippen LogP contribution in [-0.4, -0.2) is 34.3 Å². The molecular formula is C15H20O4SSi. The minimum atomic E-state index is -3.54. The van der Waals surface area contributed by atoms with E-state index in [0.29, 0.717) is 0 Å². The minimum absolute atomic E-state index is 0.206. The molecule has 0 amide bonds. The van der Waals surface area contributed by atoms with Gasteiger partial charge in [0.2, 0.25) is 0 Å². The van der Waals surface area contributed by atoms with E-state index in [4.69, 9.17) is 4.74 Å². The summed E-state index contributed by atoms with van der Waals surface area (Å²) in [6.07, 6.45) is -0.931. The van der Waals surface area contributed by atoms with Gasteiger partial charge in [-0.05, 0) is 12.1 Å². The standard InChI is InChI=1S/C15H20O4SSi/c1-13(16)19-14(10-11-21(2,3)4)12-20(17,18)15-8-6-5-7-9-15/h5-9,14H,12H2,1-4H3. The van der Waals surface area contributed by atoms with E-state index in [9.17, 15) is 13.2 Å². The molecular weight excluding hydrogens is 304 g/mol. The molecule has 0 aromatic heterocycles. The zero-order valence-electron chi connectivity index (χ0n) is 12.7. The Hall–Kier alpha value is -1.58. The Kier molecular flexibility index (Phi) is 5.75. The van der Waals surface area contributed by atoms with Crippen molar-refractivity contribution in [2.45, 2.75) is 37.6 Å². The summed E-state index contributed by atoms with van der Waals surface area (Å²) in [5.41, 5.74) is 3.05. The molecule has 0 saturated carbocycles. The summed E-state index contributed by atoms with van der Waals surface area (Å²) in [7, 11) is -5.21. The van der Waals surface area contributed by atoms with Gasteiger partial charge in [0.05, 0.1) is 4.90 Å². The number of hydrogen-bond acceptors (Lipinski definition) is 4. The number of sulfone groups is 1. The van der Waals surface area contributed by atoms with Gasteiger partial charge in [-0.1, -0.05) is 43.8 Å². The predicted molar refractivity (Wildman–Crippen MR) is 85.2 cm³/mol. The lowest BCUT2D eigenvalue weighted by molar-refractivity contribution is -0.142.